The van der Waals surface area contributed by atoms with Gasteiger partial charge in [-0.05, 0) is 49.3 Å². The molecule has 1 aromatic carbocycles. The first-order chi connectivity index (χ1) is 11.0. The van der Waals surface area contributed by atoms with Crippen molar-refractivity contribution in [2.75, 3.05) is 6.79 Å². The quantitative estimate of drug-likeness (QED) is 0.867. The van der Waals surface area contributed by atoms with Crippen molar-refractivity contribution >= 4 is 11.6 Å². The Balaban J connectivity index is 1.71. The van der Waals surface area contributed by atoms with Crippen molar-refractivity contribution in [3.63, 3.8) is 0 Å². The lowest BCUT2D eigenvalue weighted by Crippen LogP contribution is -2.31. The topological polar surface area (TPSA) is 59.9 Å². The van der Waals surface area contributed by atoms with Crippen LogP contribution in [0, 0.1) is 17.8 Å². The van der Waals surface area contributed by atoms with Crippen LogP contribution in [0.4, 0.5) is 0 Å². The minimum atomic E-state index is -0.212. The summed E-state index contributed by atoms with van der Waals surface area (Å²) in [6.45, 7) is 6.88. The predicted molar refractivity (Wildman–Crippen MR) is 88.8 cm³/mol. The highest BCUT2D eigenvalue weighted by Crippen LogP contribution is 2.33. The van der Waals surface area contributed by atoms with Crippen molar-refractivity contribution in [3.8, 4) is 11.5 Å². The summed E-state index contributed by atoms with van der Waals surface area (Å²) >= 11 is 0. The standard InChI is InChI=1S/C18H24N2O3/c1-11(2)14-6-4-12(3)8-15(14)19-20-18(21)13-5-7-16-17(9-13)23-10-22-16/h5,7,9,11-12,14H,4,6,8,10H2,1-3H3,(H,20,21)/t12-,14-/m1/s1. The molecule has 1 fully saturated rings. The van der Waals surface area contributed by atoms with Gasteiger partial charge in [0, 0.05) is 17.2 Å². The first kappa shape index (κ1) is 15.8. The Hall–Kier alpha value is -2.04. The van der Waals surface area contributed by atoms with Crippen LogP contribution in [0.2, 0.25) is 0 Å². The number of nitrogens with zero attached hydrogens (tertiary/aromatic N) is 1. The number of hydrogen-bond donors (Lipinski definition) is 1. The highest BCUT2D eigenvalue weighted by Gasteiger charge is 2.27. The molecule has 1 saturated carbocycles. The summed E-state index contributed by atoms with van der Waals surface area (Å²) in [4.78, 5) is 12.3. The third kappa shape index (κ3) is 3.49. The zero-order chi connectivity index (χ0) is 16.4. The monoisotopic (exact) mass is 316 g/mol. The third-order valence-electron chi connectivity index (χ3n) is 4.70. The summed E-state index contributed by atoms with van der Waals surface area (Å²) < 4.78 is 10.6. The van der Waals surface area contributed by atoms with Gasteiger partial charge >= 0.3 is 0 Å². The van der Waals surface area contributed by atoms with Crippen molar-refractivity contribution < 1.29 is 14.3 Å². The Morgan fingerprint density at radius 1 is 1.26 bits per heavy atom. The molecule has 0 spiro atoms. The molecule has 0 radical (unpaired) electrons. The molecule has 124 valence electrons. The number of rotatable bonds is 3. The van der Waals surface area contributed by atoms with Gasteiger partial charge in [0.05, 0.1) is 0 Å². The molecule has 0 saturated heterocycles. The van der Waals surface area contributed by atoms with E-state index in [2.05, 4.69) is 31.3 Å². The largest absolute Gasteiger partial charge is 0.454 e. The van der Waals surface area contributed by atoms with E-state index in [9.17, 15) is 4.79 Å². The van der Waals surface area contributed by atoms with Crippen LogP contribution in [0.15, 0.2) is 23.3 Å². The SMILES string of the molecule is CC(C)[C@H]1CC[C@@H](C)CC1=NNC(=O)c1ccc2c(c1)OCO2. The maximum absolute atomic E-state index is 12.3. The number of amides is 1. The molecule has 1 aliphatic heterocycles. The van der Waals surface area contributed by atoms with Gasteiger partial charge in [0.1, 0.15) is 0 Å². The van der Waals surface area contributed by atoms with E-state index in [0.717, 1.165) is 18.6 Å². The lowest BCUT2D eigenvalue weighted by molar-refractivity contribution is 0.0953. The fourth-order valence-electron chi connectivity index (χ4n) is 3.31. The van der Waals surface area contributed by atoms with E-state index in [0.29, 0.717) is 34.8 Å². The van der Waals surface area contributed by atoms with Crippen molar-refractivity contribution in [1.29, 1.82) is 0 Å². The second kappa shape index (κ2) is 6.60. The second-order valence-electron chi connectivity index (χ2n) is 6.85. The number of ether oxygens (including phenoxy) is 2. The Bertz CT molecular complexity index is 625. The van der Waals surface area contributed by atoms with E-state index >= 15 is 0 Å². The van der Waals surface area contributed by atoms with Gasteiger partial charge in [-0.1, -0.05) is 20.8 Å². The molecule has 0 aromatic heterocycles. The average molecular weight is 316 g/mol. The molecule has 23 heavy (non-hydrogen) atoms. The van der Waals surface area contributed by atoms with Crippen molar-refractivity contribution in [2.45, 2.75) is 40.0 Å². The van der Waals surface area contributed by atoms with E-state index in [-0.39, 0.29) is 12.7 Å². The summed E-state index contributed by atoms with van der Waals surface area (Å²) in [6, 6.07) is 5.18. The summed E-state index contributed by atoms with van der Waals surface area (Å²) in [7, 11) is 0. The number of nitrogens with one attached hydrogen (secondary N) is 1. The molecule has 1 heterocycles. The number of carbonyl (C=O) groups is 1. The van der Waals surface area contributed by atoms with Gasteiger partial charge < -0.3 is 9.47 Å². The van der Waals surface area contributed by atoms with Crippen LogP contribution in [-0.4, -0.2) is 18.4 Å². The minimum Gasteiger partial charge on any atom is -0.454 e. The first-order valence-corrected chi connectivity index (χ1v) is 8.31. The number of fused-ring (bicyclic) bond motifs is 1. The van der Waals surface area contributed by atoms with E-state index in [1.165, 1.54) is 6.42 Å². The Morgan fingerprint density at radius 2 is 2.04 bits per heavy atom. The maximum Gasteiger partial charge on any atom is 0.271 e. The van der Waals surface area contributed by atoms with Gasteiger partial charge in [-0.15, -0.1) is 0 Å². The highest BCUT2D eigenvalue weighted by atomic mass is 16.7. The Morgan fingerprint density at radius 3 is 2.83 bits per heavy atom. The van der Waals surface area contributed by atoms with Crippen molar-refractivity contribution in [1.82, 2.24) is 5.43 Å². The average Bonchev–Trinajstić information content (AvgIpc) is 2.99. The Kier molecular flexibility index (Phi) is 4.55. The van der Waals surface area contributed by atoms with Gasteiger partial charge in [0.15, 0.2) is 11.5 Å². The molecule has 2 aliphatic rings. The normalized spacial score (nSPS) is 25.0. The van der Waals surface area contributed by atoms with E-state index in [1.54, 1.807) is 18.2 Å². The molecule has 5 heteroatoms. The molecular formula is C18H24N2O3. The van der Waals surface area contributed by atoms with Crippen molar-refractivity contribution in [2.24, 2.45) is 22.9 Å². The Labute approximate surface area is 137 Å². The van der Waals surface area contributed by atoms with E-state index in [4.69, 9.17) is 9.47 Å². The van der Waals surface area contributed by atoms with Crippen LogP contribution in [0.3, 0.4) is 0 Å². The van der Waals surface area contributed by atoms with Crippen LogP contribution in [0.5, 0.6) is 11.5 Å². The number of hydrazone groups is 1. The highest BCUT2D eigenvalue weighted by molar-refractivity contribution is 5.96. The van der Waals surface area contributed by atoms with Gasteiger partial charge in [-0.25, -0.2) is 5.43 Å². The zero-order valence-electron chi connectivity index (χ0n) is 14.0. The molecule has 2 atom stereocenters. The fraction of sp³-hybridized carbons (Fsp3) is 0.556. The first-order valence-electron chi connectivity index (χ1n) is 8.31. The molecule has 1 N–H and O–H groups in total. The fourth-order valence-corrected chi connectivity index (χ4v) is 3.31. The molecule has 0 bridgehead atoms. The molecule has 3 rings (SSSR count). The third-order valence-corrected chi connectivity index (χ3v) is 4.70. The second-order valence-corrected chi connectivity index (χ2v) is 6.85. The smallest absolute Gasteiger partial charge is 0.271 e. The van der Waals surface area contributed by atoms with Gasteiger partial charge in [-0.3, -0.25) is 4.79 Å². The minimum absolute atomic E-state index is 0.205. The molecule has 1 aromatic rings. The van der Waals surface area contributed by atoms with Crippen LogP contribution >= 0.6 is 0 Å². The van der Waals surface area contributed by atoms with E-state index in [1.807, 2.05) is 0 Å². The molecular weight excluding hydrogens is 292 g/mol. The maximum atomic E-state index is 12.3. The van der Waals surface area contributed by atoms with Crippen LogP contribution < -0.4 is 14.9 Å². The zero-order valence-corrected chi connectivity index (χ0v) is 14.0. The lowest BCUT2D eigenvalue weighted by atomic mass is 9.76. The molecule has 1 aliphatic carbocycles. The van der Waals surface area contributed by atoms with Crippen molar-refractivity contribution in [3.05, 3.63) is 23.8 Å². The van der Waals surface area contributed by atoms with Gasteiger partial charge in [-0.2, -0.15) is 5.10 Å². The van der Waals surface area contributed by atoms with Crippen LogP contribution in [-0.2, 0) is 0 Å². The summed E-state index contributed by atoms with van der Waals surface area (Å²) in [5, 5.41) is 4.45. The lowest BCUT2D eigenvalue weighted by Gasteiger charge is -2.30. The summed E-state index contributed by atoms with van der Waals surface area (Å²) in [5.74, 6) is 2.71. The molecule has 0 unspecified atom stereocenters. The number of carbonyl (C=O) groups excluding carboxylic acids is 1. The van der Waals surface area contributed by atoms with Crippen LogP contribution in [0.25, 0.3) is 0 Å². The van der Waals surface area contributed by atoms with Crippen LogP contribution in [0.1, 0.15) is 50.4 Å². The summed E-state index contributed by atoms with van der Waals surface area (Å²) in [5.41, 5.74) is 4.37. The summed E-state index contributed by atoms with van der Waals surface area (Å²) in [6.07, 6.45) is 3.35. The van der Waals surface area contributed by atoms with Gasteiger partial charge in [0.25, 0.3) is 5.91 Å². The molecule has 1 amide bonds. The predicted octanol–water partition coefficient (Wildman–Crippen LogP) is 3.59. The van der Waals surface area contributed by atoms with Gasteiger partial charge in [0.2, 0.25) is 6.79 Å². The molecule has 5 nitrogen and oxygen atoms in total. The number of hydrogen-bond acceptors (Lipinski definition) is 4. The number of benzene rings is 1. The van der Waals surface area contributed by atoms with E-state index < -0.39 is 0 Å².